The van der Waals surface area contributed by atoms with Gasteiger partial charge in [-0.1, -0.05) is 6.92 Å². The van der Waals surface area contributed by atoms with Crippen molar-refractivity contribution in [2.75, 3.05) is 7.11 Å². The van der Waals surface area contributed by atoms with Gasteiger partial charge in [-0.25, -0.2) is 0 Å². The quantitative estimate of drug-likeness (QED) is 0.840. The Kier molecular flexibility index (Phi) is 3.34. The third kappa shape index (κ3) is 2.26. The van der Waals surface area contributed by atoms with Crippen LogP contribution in [-0.4, -0.2) is 27.3 Å². The van der Waals surface area contributed by atoms with Crippen LogP contribution in [0.3, 0.4) is 0 Å². The molecule has 0 amide bonds. The fraction of sp³-hybridized carbons (Fsp3) is 0.364. The summed E-state index contributed by atoms with van der Waals surface area (Å²) >= 11 is 0. The van der Waals surface area contributed by atoms with Crippen LogP contribution in [0, 0.1) is 0 Å². The van der Waals surface area contributed by atoms with E-state index in [-0.39, 0.29) is 6.54 Å². The molecule has 0 bridgehead atoms. The number of tetrazole rings is 1. The van der Waals surface area contributed by atoms with Crippen molar-refractivity contribution < 1.29 is 4.74 Å². The average molecular weight is 233 g/mol. The lowest BCUT2D eigenvalue weighted by molar-refractivity contribution is 0.410. The van der Waals surface area contributed by atoms with Gasteiger partial charge in [-0.3, -0.25) is 0 Å². The minimum Gasteiger partial charge on any atom is -0.496 e. The molecule has 0 saturated carbocycles. The summed E-state index contributed by atoms with van der Waals surface area (Å²) in [6.45, 7) is 2.36. The summed E-state index contributed by atoms with van der Waals surface area (Å²) in [5.41, 5.74) is 7.41. The van der Waals surface area contributed by atoms with Crippen molar-refractivity contribution >= 4 is 0 Å². The Labute approximate surface area is 99.4 Å². The molecule has 0 fully saturated rings. The van der Waals surface area contributed by atoms with Gasteiger partial charge in [0.25, 0.3) is 0 Å². The van der Waals surface area contributed by atoms with Gasteiger partial charge < -0.3 is 10.5 Å². The van der Waals surface area contributed by atoms with Crippen molar-refractivity contribution in [3.8, 4) is 11.4 Å². The predicted molar refractivity (Wildman–Crippen MR) is 63.0 cm³/mol. The number of rotatable bonds is 4. The maximum Gasteiger partial charge on any atom is 0.188 e. The molecule has 0 radical (unpaired) electrons. The van der Waals surface area contributed by atoms with Crippen LogP contribution in [0.25, 0.3) is 5.69 Å². The van der Waals surface area contributed by atoms with E-state index in [4.69, 9.17) is 10.5 Å². The second kappa shape index (κ2) is 4.92. The van der Waals surface area contributed by atoms with E-state index < -0.39 is 0 Å². The van der Waals surface area contributed by atoms with E-state index >= 15 is 0 Å². The Morgan fingerprint density at radius 2 is 2.24 bits per heavy atom. The molecule has 6 nitrogen and oxygen atoms in total. The normalized spacial score (nSPS) is 10.5. The van der Waals surface area contributed by atoms with Gasteiger partial charge in [0.1, 0.15) is 5.75 Å². The predicted octanol–water partition coefficient (Wildman–Crippen LogP) is 0.692. The third-order valence-electron chi connectivity index (χ3n) is 2.51. The number of benzene rings is 1. The first-order chi connectivity index (χ1) is 8.28. The van der Waals surface area contributed by atoms with Gasteiger partial charge in [-0.15, -0.1) is 15.0 Å². The van der Waals surface area contributed by atoms with Gasteiger partial charge in [0.15, 0.2) is 5.82 Å². The van der Waals surface area contributed by atoms with E-state index in [0.29, 0.717) is 5.82 Å². The summed E-state index contributed by atoms with van der Waals surface area (Å²) in [6, 6.07) is 5.78. The van der Waals surface area contributed by atoms with Crippen molar-refractivity contribution in [3.63, 3.8) is 0 Å². The molecule has 0 aliphatic rings. The van der Waals surface area contributed by atoms with Crippen molar-refractivity contribution in [1.82, 2.24) is 20.2 Å². The molecule has 2 aromatic rings. The highest BCUT2D eigenvalue weighted by atomic mass is 16.5. The van der Waals surface area contributed by atoms with E-state index in [0.717, 1.165) is 23.4 Å². The lowest BCUT2D eigenvalue weighted by Gasteiger charge is -2.07. The maximum absolute atomic E-state index is 5.44. The molecule has 0 saturated heterocycles. The Bertz CT molecular complexity index is 508. The van der Waals surface area contributed by atoms with Crippen LogP contribution in [-0.2, 0) is 13.0 Å². The summed E-state index contributed by atoms with van der Waals surface area (Å²) in [7, 11) is 1.66. The molecule has 0 aliphatic heterocycles. The summed E-state index contributed by atoms with van der Waals surface area (Å²) in [5.74, 6) is 1.40. The first-order valence-corrected chi connectivity index (χ1v) is 5.44. The van der Waals surface area contributed by atoms with Crippen molar-refractivity contribution in [3.05, 3.63) is 29.6 Å². The zero-order valence-corrected chi connectivity index (χ0v) is 9.92. The van der Waals surface area contributed by atoms with E-state index in [9.17, 15) is 0 Å². The van der Waals surface area contributed by atoms with Crippen LogP contribution in [0.5, 0.6) is 5.75 Å². The fourth-order valence-corrected chi connectivity index (χ4v) is 1.60. The molecular weight excluding hydrogens is 218 g/mol. The van der Waals surface area contributed by atoms with Crippen LogP contribution >= 0.6 is 0 Å². The van der Waals surface area contributed by atoms with Gasteiger partial charge in [0.2, 0.25) is 0 Å². The summed E-state index contributed by atoms with van der Waals surface area (Å²) in [4.78, 5) is 1.47. The smallest absolute Gasteiger partial charge is 0.188 e. The van der Waals surface area contributed by atoms with Crippen LogP contribution in [0.15, 0.2) is 18.2 Å². The monoisotopic (exact) mass is 233 g/mol. The second-order valence-electron chi connectivity index (χ2n) is 3.55. The molecule has 6 heteroatoms. The maximum atomic E-state index is 5.44. The highest BCUT2D eigenvalue weighted by Crippen LogP contribution is 2.21. The molecule has 0 unspecified atom stereocenters. The van der Waals surface area contributed by atoms with Crippen LogP contribution < -0.4 is 10.5 Å². The van der Waals surface area contributed by atoms with Crippen molar-refractivity contribution in [2.45, 2.75) is 19.9 Å². The minimum absolute atomic E-state index is 0.288. The number of ether oxygens (including phenoxy) is 1. The largest absolute Gasteiger partial charge is 0.496 e. The molecular formula is C11H15N5O. The molecule has 0 spiro atoms. The number of nitrogens with two attached hydrogens (primary N) is 1. The number of aryl methyl sites for hydroxylation is 1. The van der Waals surface area contributed by atoms with E-state index in [1.54, 1.807) is 7.11 Å². The average Bonchev–Trinajstić information content (AvgIpc) is 2.86. The van der Waals surface area contributed by atoms with Crippen molar-refractivity contribution in [2.24, 2.45) is 5.73 Å². The van der Waals surface area contributed by atoms with Crippen LogP contribution in [0.1, 0.15) is 18.3 Å². The van der Waals surface area contributed by atoms with Crippen LogP contribution in [0.2, 0.25) is 0 Å². The molecule has 2 rings (SSSR count). The first-order valence-electron chi connectivity index (χ1n) is 5.44. The molecule has 2 N–H and O–H groups in total. The topological polar surface area (TPSA) is 78.9 Å². The van der Waals surface area contributed by atoms with E-state index in [1.165, 1.54) is 4.80 Å². The molecule has 1 heterocycles. The number of methoxy groups -OCH3 is 1. The minimum atomic E-state index is 0.288. The van der Waals surface area contributed by atoms with Gasteiger partial charge in [0, 0.05) is 0 Å². The zero-order valence-electron chi connectivity index (χ0n) is 9.92. The Morgan fingerprint density at radius 1 is 1.41 bits per heavy atom. The number of hydrogen-bond acceptors (Lipinski definition) is 5. The van der Waals surface area contributed by atoms with Crippen molar-refractivity contribution in [1.29, 1.82) is 0 Å². The van der Waals surface area contributed by atoms with Gasteiger partial charge in [-0.2, -0.15) is 0 Å². The van der Waals surface area contributed by atoms with Gasteiger partial charge in [0.05, 0.1) is 19.3 Å². The molecule has 1 aromatic carbocycles. The number of nitrogens with zero attached hydrogens (tertiary/aromatic N) is 4. The molecule has 90 valence electrons. The van der Waals surface area contributed by atoms with Gasteiger partial charge >= 0.3 is 0 Å². The summed E-state index contributed by atoms with van der Waals surface area (Å²) in [6.07, 6.45) is 0.884. The fourth-order valence-electron chi connectivity index (χ4n) is 1.60. The zero-order chi connectivity index (χ0) is 12.3. The number of hydrogen-bond donors (Lipinski definition) is 1. The van der Waals surface area contributed by atoms with Crippen LogP contribution in [0.4, 0.5) is 0 Å². The molecule has 0 aliphatic carbocycles. The third-order valence-corrected chi connectivity index (χ3v) is 2.51. The first kappa shape index (κ1) is 11.5. The lowest BCUT2D eigenvalue weighted by Crippen LogP contribution is -2.03. The molecule has 0 atom stereocenters. The molecule has 17 heavy (non-hydrogen) atoms. The van der Waals surface area contributed by atoms with Gasteiger partial charge in [-0.05, 0) is 35.4 Å². The Hall–Kier alpha value is -1.95. The standard InChI is InChI=1S/C11H15N5O/c1-3-8-6-9(4-5-10(8)17-2)16-14-11(7-12)13-15-16/h4-6H,3,7,12H2,1-2H3. The second-order valence-corrected chi connectivity index (χ2v) is 3.55. The highest BCUT2D eigenvalue weighted by molar-refractivity contribution is 5.43. The Morgan fingerprint density at radius 3 is 2.82 bits per heavy atom. The number of aromatic nitrogens is 4. The highest BCUT2D eigenvalue weighted by Gasteiger charge is 2.07. The SMILES string of the molecule is CCc1cc(-n2nnc(CN)n2)ccc1OC. The Balaban J connectivity index is 2.38. The summed E-state index contributed by atoms with van der Waals surface area (Å²) < 4.78 is 5.27. The summed E-state index contributed by atoms with van der Waals surface area (Å²) in [5, 5.41) is 11.9. The lowest BCUT2D eigenvalue weighted by atomic mass is 10.1. The van der Waals surface area contributed by atoms with E-state index in [1.807, 2.05) is 18.2 Å². The molecule has 1 aromatic heterocycles. The van der Waals surface area contributed by atoms with E-state index in [2.05, 4.69) is 22.3 Å².